The third-order valence-electron chi connectivity index (χ3n) is 4.69. The van der Waals surface area contributed by atoms with Gasteiger partial charge in [-0.05, 0) is 57.2 Å². The summed E-state index contributed by atoms with van der Waals surface area (Å²) in [5.74, 6) is 0.951. The Hall–Kier alpha value is -3.68. The van der Waals surface area contributed by atoms with Crippen LogP contribution in [0.4, 0.5) is 23.1 Å². The molecule has 2 N–H and O–H groups in total. The van der Waals surface area contributed by atoms with Gasteiger partial charge in [0.25, 0.3) is 11.5 Å². The van der Waals surface area contributed by atoms with Crippen molar-refractivity contribution in [3.63, 3.8) is 0 Å². The van der Waals surface area contributed by atoms with Gasteiger partial charge in [-0.25, -0.2) is 4.98 Å². The van der Waals surface area contributed by atoms with E-state index in [4.69, 9.17) is 0 Å². The zero-order chi connectivity index (χ0) is 21.7. The van der Waals surface area contributed by atoms with E-state index in [1.165, 1.54) is 10.6 Å². The highest BCUT2D eigenvalue weighted by Crippen LogP contribution is 2.20. The Bertz CT molecular complexity index is 1090. The second-order valence-electron chi connectivity index (χ2n) is 6.86. The first-order valence-electron chi connectivity index (χ1n) is 9.86. The van der Waals surface area contributed by atoms with Gasteiger partial charge in [0.2, 0.25) is 5.95 Å². The minimum Gasteiger partial charge on any atom is -0.357 e. The van der Waals surface area contributed by atoms with Crippen molar-refractivity contribution in [2.45, 2.75) is 20.8 Å². The summed E-state index contributed by atoms with van der Waals surface area (Å²) in [5.41, 5.74) is 2.01. The maximum absolute atomic E-state index is 12.4. The number of pyridine rings is 1. The molecule has 0 saturated carbocycles. The summed E-state index contributed by atoms with van der Waals surface area (Å²) in [6, 6.07) is 12.3. The zero-order valence-electron chi connectivity index (χ0n) is 17.6. The smallest absolute Gasteiger partial charge is 0.263 e. The molecule has 1 aromatic carbocycles. The molecule has 0 bridgehead atoms. The Labute approximate surface area is 175 Å². The third-order valence-corrected chi connectivity index (χ3v) is 4.69. The van der Waals surface area contributed by atoms with Crippen LogP contribution >= 0.6 is 0 Å². The van der Waals surface area contributed by atoms with E-state index in [1.54, 1.807) is 31.4 Å². The standard InChI is InChI=1S/C22H26N6O2/c1-5-28(6-2)19-14-15(3)23-22(26-19)25-17-11-9-16(10-12-17)24-20(29)18-8-7-13-27(4)21(18)30/h7-14H,5-6H2,1-4H3,(H,24,29)(H,23,25,26). The van der Waals surface area contributed by atoms with Crippen molar-refractivity contribution in [2.24, 2.45) is 7.05 Å². The van der Waals surface area contributed by atoms with E-state index < -0.39 is 5.91 Å². The van der Waals surface area contributed by atoms with E-state index in [0.29, 0.717) is 11.6 Å². The summed E-state index contributed by atoms with van der Waals surface area (Å²) in [6.45, 7) is 7.85. The molecule has 3 aromatic rings. The van der Waals surface area contributed by atoms with Crippen molar-refractivity contribution in [1.82, 2.24) is 14.5 Å². The van der Waals surface area contributed by atoms with Crippen LogP contribution in [0.1, 0.15) is 29.9 Å². The first-order valence-corrected chi connectivity index (χ1v) is 9.86. The van der Waals surface area contributed by atoms with Crippen LogP contribution in [-0.4, -0.2) is 33.5 Å². The van der Waals surface area contributed by atoms with Crippen molar-refractivity contribution >= 4 is 29.0 Å². The van der Waals surface area contributed by atoms with Crippen LogP contribution in [0.15, 0.2) is 53.5 Å². The molecule has 2 aromatic heterocycles. The largest absolute Gasteiger partial charge is 0.357 e. The van der Waals surface area contributed by atoms with Crippen LogP contribution in [-0.2, 0) is 7.05 Å². The average Bonchev–Trinajstić information content (AvgIpc) is 2.72. The molecule has 2 heterocycles. The van der Waals surface area contributed by atoms with Gasteiger partial charge in [-0.2, -0.15) is 4.98 Å². The number of amides is 1. The van der Waals surface area contributed by atoms with Gasteiger partial charge in [0.15, 0.2) is 0 Å². The van der Waals surface area contributed by atoms with Gasteiger partial charge in [0.05, 0.1) is 0 Å². The van der Waals surface area contributed by atoms with E-state index in [2.05, 4.69) is 39.3 Å². The number of nitrogens with one attached hydrogen (secondary N) is 2. The topological polar surface area (TPSA) is 92.2 Å². The number of hydrogen-bond acceptors (Lipinski definition) is 6. The van der Waals surface area contributed by atoms with E-state index in [0.717, 1.165) is 30.3 Å². The van der Waals surface area contributed by atoms with Crippen LogP contribution < -0.4 is 21.1 Å². The maximum atomic E-state index is 12.4. The van der Waals surface area contributed by atoms with E-state index in [1.807, 2.05) is 25.1 Å². The zero-order valence-corrected chi connectivity index (χ0v) is 17.6. The summed E-state index contributed by atoms with van der Waals surface area (Å²) in [5, 5.41) is 5.95. The lowest BCUT2D eigenvalue weighted by molar-refractivity contribution is 0.102. The highest BCUT2D eigenvalue weighted by molar-refractivity contribution is 6.04. The summed E-state index contributed by atoms with van der Waals surface area (Å²) < 4.78 is 1.37. The Morgan fingerprint density at radius 3 is 2.40 bits per heavy atom. The molecule has 0 radical (unpaired) electrons. The molecule has 0 spiro atoms. The Morgan fingerprint density at radius 2 is 1.73 bits per heavy atom. The minimum absolute atomic E-state index is 0.0966. The molecule has 156 valence electrons. The van der Waals surface area contributed by atoms with Gasteiger partial charge in [-0.3, -0.25) is 9.59 Å². The second kappa shape index (κ2) is 9.21. The molecular weight excluding hydrogens is 380 g/mol. The molecule has 30 heavy (non-hydrogen) atoms. The Kier molecular flexibility index (Phi) is 6.46. The van der Waals surface area contributed by atoms with Crippen LogP contribution in [0.25, 0.3) is 0 Å². The van der Waals surface area contributed by atoms with Gasteiger partial charge in [0.1, 0.15) is 11.4 Å². The summed E-state index contributed by atoms with van der Waals surface area (Å²) >= 11 is 0. The second-order valence-corrected chi connectivity index (χ2v) is 6.86. The number of aromatic nitrogens is 3. The number of carbonyl (C=O) groups is 1. The lowest BCUT2D eigenvalue weighted by Gasteiger charge is -2.20. The average molecular weight is 406 g/mol. The molecule has 8 nitrogen and oxygen atoms in total. The van der Waals surface area contributed by atoms with Gasteiger partial charge >= 0.3 is 0 Å². The van der Waals surface area contributed by atoms with E-state index in [9.17, 15) is 9.59 Å². The fourth-order valence-electron chi connectivity index (χ4n) is 3.05. The maximum Gasteiger partial charge on any atom is 0.263 e. The molecule has 0 saturated heterocycles. The van der Waals surface area contributed by atoms with E-state index >= 15 is 0 Å². The Balaban J connectivity index is 1.73. The number of hydrogen-bond donors (Lipinski definition) is 2. The molecule has 0 aliphatic rings. The fourth-order valence-corrected chi connectivity index (χ4v) is 3.05. The van der Waals surface area contributed by atoms with Crippen LogP contribution in [0.2, 0.25) is 0 Å². The van der Waals surface area contributed by atoms with Crippen molar-refractivity contribution in [3.8, 4) is 0 Å². The predicted octanol–water partition coefficient (Wildman–Crippen LogP) is 3.33. The van der Waals surface area contributed by atoms with Crippen LogP contribution in [0.3, 0.4) is 0 Å². The lowest BCUT2D eigenvalue weighted by Crippen LogP contribution is -2.26. The highest BCUT2D eigenvalue weighted by Gasteiger charge is 2.12. The summed E-state index contributed by atoms with van der Waals surface area (Å²) in [6.07, 6.45) is 1.61. The molecule has 3 rings (SSSR count). The van der Waals surface area contributed by atoms with Gasteiger partial charge in [-0.15, -0.1) is 0 Å². The molecular formula is C22H26N6O2. The van der Waals surface area contributed by atoms with Crippen molar-refractivity contribution in [2.75, 3.05) is 28.6 Å². The number of benzene rings is 1. The van der Waals surface area contributed by atoms with Gasteiger partial charge in [0, 0.05) is 49.5 Å². The molecule has 0 unspecified atom stereocenters. The number of nitrogens with zero attached hydrogens (tertiary/aromatic N) is 4. The summed E-state index contributed by atoms with van der Waals surface area (Å²) in [7, 11) is 1.61. The number of anilines is 4. The minimum atomic E-state index is -0.442. The molecule has 0 fully saturated rings. The van der Waals surface area contributed by atoms with Crippen molar-refractivity contribution in [1.29, 1.82) is 0 Å². The molecule has 1 amide bonds. The van der Waals surface area contributed by atoms with Crippen LogP contribution in [0, 0.1) is 6.92 Å². The van der Waals surface area contributed by atoms with Crippen LogP contribution in [0.5, 0.6) is 0 Å². The molecule has 0 aliphatic carbocycles. The van der Waals surface area contributed by atoms with E-state index in [-0.39, 0.29) is 11.1 Å². The number of rotatable bonds is 7. The Morgan fingerprint density at radius 1 is 1.07 bits per heavy atom. The SMILES string of the molecule is CCN(CC)c1cc(C)nc(Nc2ccc(NC(=O)c3cccn(C)c3=O)cc2)n1. The molecule has 0 atom stereocenters. The lowest BCUT2D eigenvalue weighted by atomic mass is 10.2. The monoisotopic (exact) mass is 406 g/mol. The van der Waals surface area contributed by atoms with Gasteiger partial charge < -0.3 is 20.1 Å². The quantitative estimate of drug-likeness (QED) is 0.625. The fraction of sp³-hybridized carbons (Fsp3) is 0.273. The molecule has 8 heteroatoms. The third kappa shape index (κ3) is 4.83. The summed E-state index contributed by atoms with van der Waals surface area (Å²) in [4.78, 5) is 35.7. The molecule has 0 aliphatic heterocycles. The van der Waals surface area contributed by atoms with Crippen molar-refractivity contribution in [3.05, 3.63) is 70.3 Å². The van der Waals surface area contributed by atoms with Gasteiger partial charge in [-0.1, -0.05) is 0 Å². The normalized spacial score (nSPS) is 10.5. The first-order chi connectivity index (χ1) is 14.4. The first kappa shape index (κ1) is 21.0. The predicted molar refractivity (Wildman–Crippen MR) is 120 cm³/mol. The number of carbonyl (C=O) groups excluding carboxylic acids is 1. The number of aryl methyl sites for hydroxylation is 2. The highest BCUT2D eigenvalue weighted by atomic mass is 16.2. The van der Waals surface area contributed by atoms with Crippen molar-refractivity contribution < 1.29 is 4.79 Å².